The van der Waals surface area contributed by atoms with Gasteiger partial charge in [0.1, 0.15) is 5.75 Å². The summed E-state index contributed by atoms with van der Waals surface area (Å²) in [4.78, 5) is 2.36. The van der Waals surface area contributed by atoms with Crippen LogP contribution >= 0.6 is 0 Å². The molecule has 0 spiro atoms. The molecular formula is C17H30N2O2. The molecule has 2 N–H and O–H groups in total. The summed E-state index contributed by atoms with van der Waals surface area (Å²) in [6.45, 7) is 10.6. The molecule has 1 aromatic rings. The van der Waals surface area contributed by atoms with Gasteiger partial charge in [-0.25, -0.2) is 0 Å². The maximum absolute atomic E-state index is 6.41. The number of ether oxygens (including phenoxy) is 2. The zero-order valence-electron chi connectivity index (χ0n) is 13.8. The summed E-state index contributed by atoms with van der Waals surface area (Å²) in [5.41, 5.74) is 7.49. The van der Waals surface area contributed by atoms with E-state index in [9.17, 15) is 0 Å². The van der Waals surface area contributed by atoms with Crippen LogP contribution in [0.5, 0.6) is 5.75 Å². The van der Waals surface area contributed by atoms with E-state index < -0.39 is 0 Å². The summed E-state index contributed by atoms with van der Waals surface area (Å²) in [5, 5.41) is 0. The summed E-state index contributed by atoms with van der Waals surface area (Å²) in [7, 11) is 1.73. The predicted octanol–water partition coefficient (Wildman–Crippen LogP) is 2.69. The van der Waals surface area contributed by atoms with Crippen LogP contribution in [0.15, 0.2) is 24.3 Å². The molecule has 0 heterocycles. The van der Waals surface area contributed by atoms with Gasteiger partial charge in [0.05, 0.1) is 13.2 Å². The molecule has 0 saturated carbocycles. The first-order valence-corrected chi connectivity index (χ1v) is 7.77. The van der Waals surface area contributed by atoms with Gasteiger partial charge in [-0.15, -0.1) is 0 Å². The highest BCUT2D eigenvalue weighted by molar-refractivity contribution is 5.35. The largest absolute Gasteiger partial charge is 0.494 e. The van der Waals surface area contributed by atoms with Crippen molar-refractivity contribution < 1.29 is 9.47 Å². The van der Waals surface area contributed by atoms with Gasteiger partial charge in [-0.1, -0.05) is 32.0 Å². The van der Waals surface area contributed by atoms with Crippen molar-refractivity contribution in [1.29, 1.82) is 0 Å². The molecule has 1 aromatic carbocycles. The van der Waals surface area contributed by atoms with Crippen molar-refractivity contribution in [3.63, 3.8) is 0 Å². The van der Waals surface area contributed by atoms with Crippen LogP contribution < -0.4 is 10.5 Å². The Morgan fingerprint density at radius 1 is 1.19 bits per heavy atom. The topological polar surface area (TPSA) is 47.7 Å². The molecule has 120 valence electrons. The normalized spacial score (nSPS) is 12.9. The molecule has 4 nitrogen and oxygen atoms in total. The molecule has 0 aliphatic rings. The van der Waals surface area contributed by atoms with Crippen molar-refractivity contribution in [3.05, 3.63) is 29.8 Å². The Balaban J connectivity index is 2.73. The van der Waals surface area contributed by atoms with Gasteiger partial charge in [-0.05, 0) is 18.9 Å². The van der Waals surface area contributed by atoms with Crippen LogP contribution in [-0.2, 0) is 4.74 Å². The smallest absolute Gasteiger partial charge is 0.124 e. The van der Waals surface area contributed by atoms with Gasteiger partial charge in [0.25, 0.3) is 0 Å². The second-order valence-corrected chi connectivity index (χ2v) is 5.72. The number of hydrogen-bond donors (Lipinski definition) is 1. The molecule has 1 rings (SSSR count). The SMILES string of the molecule is CCOc1ccccc1C(N)CN(CCOC)CC(C)C. The monoisotopic (exact) mass is 294 g/mol. The van der Waals surface area contributed by atoms with E-state index in [2.05, 4.69) is 24.8 Å². The van der Waals surface area contributed by atoms with Crippen molar-refractivity contribution in [2.75, 3.05) is 40.0 Å². The van der Waals surface area contributed by atoms with Crippen molar-refractivity contribution >= 4 is 0 Å². The molecule has 0 aromatic heterocycles. The van der Waals surface area contributed by atoms with E-state index in [1.54, 1.807) is 7.11 Å². The molecule has 0 aliphatic carbocycles. The van der Waals surface area contributed by atoms with Crippen molar-refractivity contribution in [3.8, 4) is 5.75 Å². The molecular weight excluding hydrogens is 264 g/mol. The molecule has 0 fully saturated rings. The fourth-order valence-electron chi connectivity index (χ4n) is 2.44. The highest BCUT2D eigenvalue weighted by Gasteiger charge is 2.16. The first-order chi connectivity index (χ1) is 10.1. The second-order valence-electron chi connectivity index (χ2n) is 5.72. The molecule has 4 heteroatoms. The molecule has 0 amide bonds. The standard InChI is InChI=1S/C17H30N2O2/c1-5-21-17-9-7-6-8-15(17)16(18)13-19(10-11-20-4)12-14(2)3/h6-9,14,16H,5,10-13,18H2,1-4H3. The highest BCUT2D eigenvalue weighted by Crippen LogP contribution is 2.24. The lowest BCUT2D eigenvalue weighted by molar-refractivity contribution is 0.135. The Labute approximate surface area is 129 Å². The van der Waals surface area contributed by atoms with Crippen molar-refractivity contribution in [2.45, 2.75) is 26.8 Å². The first-order valence-electron chi connectivity index (χ1n) is 7.77. The van der Waals surface area contributed by atoms with E-state index in [4.69, 9.17) is 15.2 Å². The maximum atomic E-state index is 6.41. The lowest BCUT2D eigenvalue weighted by Crippen LogP contribution is -2.37. The van der Waals surface area contributed by atoms with Crippen LogP contribution in [0.2, 0.25) is 0 Å². The Kier molecular flexibility index (Phi) is 8.35. The number of nitrogens with two attached hydrogens (primary N) is 1. The molecule has 1 unspecified atom stereocenters. The molecule has 0 bridgehead atoms. The van der Waals surface area contributed by atoms with E-state index in [0.717, 1.165) is 37.6 Å². The molecule has 1 atom stereocenters. The van der Waals surface area contributed by atoms with Gasteiger partial charge >= 0.3 is 0 Å². The minimum Gasteiger partial charge on any atom is -0.494 e. The third-order valence-electron chi connectivity index (χ3n) is 3.31. The number of benzene rings is 1. The average molecular weight is 294 g/mol. The zero-order valence-corrected chi connectivity index (χ0v) is 13.8. The third-order valence-corrected chi connectivity index (χ3v) is 3.31. The Bertz CT molecular complexity index is 396. The zero-order chi connectivity index (χ0) is 15.7. The lowest BCUT2D eigenvalue weighted by atomic mass is 10.1. The number of methoxy groups -OCH3 is 1. The van der Waals surface area contributed by atoms with Gasteiger partial charge in [-0.3, -0.25) is 4.90 Å². The first kappa shape index (κ1) is 18.0. The summed E-state index contributed by atoms with van der Waals surface area (Å²) < 4.78 is 10.9. The quantitative estimate of drug-likeness (QED) is 0.721. The minimum absolute atomic E-state index is 0.0524. The predicted molar refractivity (Wildman–Crippen MR) is 87.7 cm³/mol. The van der Waals surface area contributed by atoms with E-state index in [0.29, 0.717) is 12.5 Å². The van der Waals surface area contributed by atoms with Gasteiger partial charge in [0, 0.05) is 38.3 Å². The number of para-hydroxylation sites is 1. The number of nitrogens with zero attached hydrogens (tertiary/aromatic N) is 1. The average Bonchev–Trinajstić information content (AvgIpc) is 2.45. The fraction of sp³-hybridized carbons (Fsp3) is 0.647. The minimum atomic E-state index is -0.0524. The van der Waals surface area contributed by atoms with Crippen LogP contribution in [0, 0.1) is 5.92 Å². The van der Waals surface area contributed by atoms with Crippen molar-refractivity contribution in [2.24, 2.45) is 11.7 Å². The number of rotatable bonds is 10. The summed E-state index contributed by atoms with van der Waals surface area (Å²) in [6.07, 6.45) is 0. The van der Waals surface area contributed by atoms with Gasteiger partial charge in [0.2, 0.25) is 0 Å². The fourth-order valence-corrected chi connectivity index (χ4v) is 2.44. The number of hydrogen-bond acceptors (Lipinski definition) is 4. The molecule has 0 aliphatic heterocycles. The van der Waals surface area contributed by atoms with Gasteiger partial charge in [0.15, 0.2) is 0 Å². The Hall–Kier alpha value is -1.10. The van der Waals surface area contributed by atoms with E-state index in [1.165, 1.54) is 0 Å². The molecule has 0 saturated heterocycles. The van der Waals surface area contributed by atoms with Crippen molar-refractivity contribution in [1.82, 2.24) is 4.90 Å². The maximum Gasteiger partial charge on any atom is 0.124 e. The molecule has 21 heavy (non-hydrogen) atoms. The third kappa shape index (κ3) is 6.46. The molecule has 0 radical (unpaired) electrons. The Morgan fingerprint density at radius 3 is 2.52 bits per heavy atom. The van der Waals surface area contributed by atoms with Gasteiger partial charge in [-0.2, -0.15) is 0 Å². The van der Waals surface area contributed by atoms with Crippen LogP contribution in [-0.4, -0.2) is 44.9 Å². The van der Waals surface area contributed by atoms with E-state index in [1.807, 2.05) is 25.1 Å². The van der Waals surface area contributed by atoms with Crippen LogP contribution in [0.4, 0.5) is 0 Å². The lowest BCUT2D eigenvalue weighted by Gasteiger charge is -2.27. The second kappa shape index (κ2) is 9.77. The summed E-state index contributed by atoms with van der Waals surface area (Å²) >= 11 is 0. The van der Waals surface area contributed by atoms with Crippen LogP contribution in [0.25, 0.3) is 0 Å². The Morgan fingerprint density at radius 2 is 1.90 bits per heavy atom. The van der Waals surface area contributed by atoms with Crippen LogP contribution in [0.1, 0.15) is 32.4 Å². The highest BCUT2D eigenvalue weighted by atomic mass is 16.5. The van der Waals surface area contributed by atoms with E-state index >= 15 is 0 Å². The summed E-state index contributed by atoms with van der Waals surface area (Å²) in [5.74, 6) is 1.50. The van der Waals surface area contributed by atoms with E-state index in [-0.39, 0.29) is 6.04 Å². The van der Waals surface area contributed by atoms with Gasteiger partial charge < -0.3 is 15.2 Å². The summed E-state index contributed by atoms with van der Waals surface area (Å²) in [6, 6.07) is 7.99. The van der Waals surface area contributed by atoms with Crippen LogP contribution in [0.3, 0.4) is 0 Å².